The third-order valence-electron chi connectivity index (χ3n) is 4.18. The molecule has 0 spiro atoms. The van der Waals surface area contributed by atoms with Crippen molar-refractivity contribution in [1.29, 1.82) is 0 Å². The van der Waals surface area contributed by atoms with Gasteiger partial charge in [0.05, 0.1) is 11.1 Å². The van der Waals surface area contributed by atoms with Crippen molar-refractivity contribution in [3.05, 3.63) is 24.0 Å². The van der Waals surface area contributed by atoms with Crippen LogP contribution in [0.2, 0.25) is 0 Å². The molecule has 0 saturated heterocycles. The van der Waals surface area contributed by atoms with E-state index in [1.807, 2.05) is 0 Å². The summed E-state index contributed by atoms with van der Waals surface area (Å²) in [5.41, 5.74) is 0.0925. The fourth-order valence-corrected chi connectivity index (χ4v) is 3.08. The Balaban J connectivity index is 1.92. The van der Waals surface area contributed by atoms with Crippen molar-refractivity contribution in [3.63, 3.8) is 0 Å². The molecule has 2 rings (SSSR count). The van der Waals surface area contributed by atoms with Crippen LogP contribution in [0.15, 0.2) is 23.2 Å². The van der Waals surface area contributed by atoms with Gasteiger partial charge in [0.2, 0.25) is 0 Å². The number of carbonyl (C=O) groups excluding carboxylic acids is 1. The quantitative estimate of drug-likeness (QED) is 0.329. The number of halogens is 1. The predicted molar refractivity (Wildman–Crippen MR) is 87.1 cm³/mol. The van der Waals surface area contributed by atoms with Crippen molar-refractivity contribution in [1.82, 2.24) is 0 Å². The number of hydrogen-bond donors (Lipinski definition) is 0. The Hall–Kier alpha value is -1.58. The van der Waals surface area contributed by atoms with Gasteiger partial charge in [-0.15, -0.1) is 0 Å². The summed E-state index contributed by atoms with van der Waals surface area (Å²) < 4.78 is 19.0. The standard InChI is InChI=1S/C17H20FNO2S/c1-2-3-12-4-6-13(7-5-12)17(20)21-14-8-9-16(19-11-22)15(18)10-14/h8-10,12-13H,2-7H2,1H3. The molecule has 1 fully saturated rings. The van der Waals surface area contributed by atoms with E-state index in [0.717, 1.165) is 37.7 Å². The van der Waals surface area contributed by atoms with Gasteiger partial charge in [-0.2, -0.15) is 4.99 Å². The molecule has 0 radical (unpaired) electrons. The Morgan fingerprint density at radius 2 is 2.14 bits per heavy atom. The van der Waals surface area contributed by atoms with Crippen LogP contribution < -0.4 is 4.74 Å². The summed E-state index contributed by atoms with van der Waals surface area (Å²) in [6.07, 6.45) is 6.29. The molecule has 1 aliphatic carbocycles. The van der Waals surface area contributed by atoms with Crippen molar-refractivity contribution in [2.24, 2.45) is 16.8 Å². The summed E-state index contributed by atoms with van der Waals surface area (Å²) >= 11 is 4.44. The molecule has 3 nitrogen and oxygen atoms in total. The number of hydrogen-bond acceptors (Lipinski definition) is 4. The average Bonchev–Trinajstić information content (AvgIpc) is 2.51. The van der Waals surface area contributed by atoms with Gasteiger partial charge in [0.25, 0.3) is 0 Å². The van der Waals surface area contributed by atoms with Crippen molar-refractivity contribution >= 4 is 29.0 Å². The monoisotopic (exact) mass is 321 g/mol. The first-order valence-corrected chi connectivity index (χ1v) is 8.14. The van der Waals surface area contributed by atoms with Gasteiger partial charge in [0.1, 0.15) is 11.4 Å². The van der Waals surface area contributed by atoms with E-state index >= 15 is 0 Å². The van der Waals surface area contributed by atoms with Crippen LogP contribution in [0.25, 0.3) is 0 Å². The second kappa shape index (κ2) is 8.16. The number of benzene rings is 1. The molecule has 1 aromatic rings. The number of esters is 1. The molecular weight excluding hydrogens is 301 g/mol. The first kappa shape index (κ1) is 16.8. The molecule has 0 heterocycles. The van der Waals surface area contributed by atoms with Gasteiger partial charge in [-0.05, 0) is 56.0 Å². The lowest BCUT2D eigenvalue weighted by atomic mass is 9.80. The van der Waals surface area contributed by atoms with E-state index in [1.165, 1.54) is 25.0 Å². The summed E-state index contributed by atoms with van der Waals surface area (Å²) in [6, 6.07) is 4.11. The lowest BCUT2D eigenvalue weighted by Crippen LogP contribution is -2.25. The van der Waals surface area contributed by atoms with Gasteiger partial charge in [-0.1, -0.05) is 19.8 Å². The lowest BCUT2D eigenvalue weighted by molar-refractivity contribution is -0.140. The second-order valence-electron chi connectivity index (χ2n) is 5.74. The Labute approximate surface area is 135 Å². The first-order chi connectivity index (χ1) is 10.6. The highest BCUT2D eigenvalue weighted by molar-refractivity contribution is 7.78. The van der Waals surface area contributed by atoms with Crippen LogP contribution in [-0.4, -0.2) is 11.1 Å². The number of nitrogens with zero attached hydrogens (tertiary/aromatic N) is 1. The van der Waals surface area contributed by atoms with Crippen molar-refractivity contribution in [2.75, 3.05) is 0 Å². The normalized spacial score (nSPS) is 21.0. The Morgan fingerprint density at radius 1 is 1.41 bits per heavy atom. The van der Waals surface area contributed by atoms with E-state index in [9.17, 15) is 9.18 Å². The Morgan fingerprint density at radius 3 is 2.73 bits per heavy atom. The first-order valence-electron chi connectivity index (χ1n) is 7.73. The number of thiocarbonyl (C=S) groups is 1. The van der Waals surface area contributed by atoms with Crippen LogP contribution in [-0.2, 0) is 4.79 Å². The minimum atomic E-state index is -0.575. The summed E-state index contributed by atoms with van der Waals surface area (Å²) in [5, 5.41) is 2.11. The van der Waals surface area contributed by atoms with Crippen LogP contribution in [0.3, 0.4) is 0 Å². The number of rotatable bonds is 5. The molecule has 0 atom stereocenters. The van der Waals surface area contributed by atoms with Crippen LogP contribution in [0.4, 0.5) is 10.1 Å². The zero-order valence-electron chi connectivity index (χ0n) is 12.7. The van der Waals surface area contributed by atoms with E-state index in [2.05, 4.69) is 29.3 Å². The Bertz CT molecular complexity index is 576. The molecule has 1 saturated carbocycles. The van der Waals surface area contributed by atoms with E-state index < -0.39 is 5.82 Å². The topological polar surface area (TPSA) is 38.7 Å². The summed E-state index contributed by atoms with van der Waals surface area (Å²) in [6.45, 7) is 2.19. The molecular formula is C17H20FNO2S. The van der Waals surface area contributed by atoms with E-state index in [4.69, 9.17) is 4.74 Å². The van der Waals surface area contributed by atoms with Crippen LogP contribution >= 0.6 is 12.2 Å². The molecule has 1 aromatic carbocycles. The van der Waals surface area contributed by atoms with Crippen molar-refractivity contribution in [3.8, 4) is 5.75 Å². The number of aliphatic imine (C=N–C) groups is 1. The maximum atomic E-state index is 13.7. The maximum absolute atomic E-state index is 13.7. The average molecular weight is 321 g/mol. The molecule has 5 heteroatoms. The molecule has 0 aromatic heterocycles. The minimum Gasteiger partial charge on any atom is -0.426 e. The van der Waals surface area contributed by atoms with Crippen molar-refractivity contribution < 1.29 is 13.9 Å². The fraction of sp³-hybridized carbons (Fsp3) is 0.529. The highest BCUT2D eigenvalue weighted by atomic mass is 32.1. The van der Waals surface area contributed by atoms with Gasteiger partial charge in [0.15, 0.2) is 5.82 Å². The third kappa shape index (κ3) is 4.46. The predicted octanol–water partition coefficient (Wildman–Crippen LogP) is 5.07. The van der Waals surface area contributed by atoms with Crippen LogP contribution in [0.1, 0.15) is 45.4 Å². The van der Waals surface area contributed by atoms with Gasteiger partial charge in [-0.25, -0.2) is 4.39 Å². The smallest absolute Gasteiger partial charge is 0.314 e. The summed E-state index contributed by atoms with van der Waals surface area (Å²) in [7, 11) is 0. The molecule has 118 valence electrons. The molecule has 22 heavy (non-hydrogen) atoms. The number of ether oxygens (including phenoxy) is 1. The van der Waals surface area contributed by atoms with E-state index in [1.54, 1.807) is 0 Å². The molecule has 0 aliphatic heterocycles. The van der Waals surface area contributed by atoms with Gasteiger partial charge in [0, 0.05) is 6.07 Å². The molecule has 0 unspecified atom stereocenters. The van der Waals surface area contributed by atoms with Crippen LogP contribution in [0, 0.1) is 17.7 Å². The largest absolute Gasteiger partial charge is 0.426 e. The van der Waals surface area contributed by atoms with Crippen LogP contribution in [0.5, 0.6) is 5.75 Å². The van der Waals surface area contributed by atoms with Crippen molar-refractivity contribution in [2.45, 2.75) is 45.4 Å². The van der Waals surface area contributed by atoms with Gasteiger partial charge in [-0.3, -0.25) is 4.79 Å². The molecule has 0 N–H and O–H groups in total. The Kier molecular flexibility index (Phi) is 6.22. The summed E-state index contributed by atoms with van der Waals surface area (Å²) in [5.74, 6) is 0.0318. The van der Waals surface area contributed by atoms with Gasteiger partial charge < -0.3 is 4.74 Å². The highest BCUT2D eigenvalue weighted by Crippen LogP contribution is 2.32. The zero-order valence-corrected chi connectivity index (χ0v) is 13.5. The SMILES string of the molecule is CCCC1CCC(C(=O)Oc2ccc(N=C=S)c(F)c2)CC1. The van der Waals surface area contributed by atoms with Gasteiger partial charge >= 0.3 is 5.97 Å². The zero-order chi connectivity index (χ0) is 15.9. The lowest BCUT2D eigenvalue weighted by Gasteiger charge is -2.26. The molecule has 0 bridgehead atoms. The second-order valence-corrected chi connectivity index (χ2v) is 5.93. The van der Waals surface area contributed by atoms with E-state index in [0.29, 0.717) is 0 Å². The third-order valence-corrected chi connectivity index (χ3v) is 4.27. The maximum Gasteiger partial charge on any atom is 0.314 e. The minimum absolute atomic E-state index is 0.0742. The molecule has 1 aliphatic rings. The molecule has 0 amide bonds. The number of isothiocyanates is 1. The highest BCUT2D eigenvalue weighted by Gasteiger charge is 2.27. The fourth-order valence-electron chi connectivity index (χ4n) is 2.99. The van der Waals surface area contributed by atoms with E-state index in [-0.39, 0.29) is 23.3 Å². The summed E-state index contributed by atoms with van der Waals surface area (Å²) in [4.78, 5) is 15.7. The number of carbonyl (C=O) groups is 1.